The number of halogens is 4. The third-order valence-electron chi connectivity index (χ3n) is 5.57. The molecule has 1 heterocycles. The van der Waals surface area contributed by atoms with Gasteiger partial charge in [0.25, 0.3) is 17.7 Å². The molecule has 0 spiro atoms. The summed E-state index contributed by atoms with van der Waals surface area (Å²) in [6.07, 6.45) is 1.90. The van der Waals surface area contributed by atoms with Gasteiger partial charge >= 0.3 is 0 Å². The van der Waals surface area contributed by atoms with E-state index < -0.39 is 11.8 Å². The molecule has 0 unspecified atom stereocenters. The fraction of sp³-hybridized carbons (Fsp3) is 0.148. The second-order valence-electron chi connectivity index (χ2n) is 8.21. The van der Waals surface area contributed by atoms with Crippen molar-refractivity contribution < 1.29 is 19.1 Å². The normalized spacial score (nSPS) is 13.2. The second kappa shape index (κ2) is 12.1. The molecular weight excluding hydrogens is 572 g/mol. The highest BCUT2D eigenvalue weighted by atomic mass is 35.5. The summed E-state index contributed by atoms with van der Waals surface area (Å²) >= 11 is 24.4. The number of hydrogen-bond acceptors (Lipinski definition) is 5. The Morgan fingerprint density at radius 3 is 2.29 bits per heavy atom. The molecule has 0 atom stereocenters. The second-order valence-corrected chi connectivity index (χ2v) is 9.81. The Labute approximate surface area is 239 Å². The number of para-hydroxylation sites is 2. The van der Waals surface area contributed by atoms with Gasteiger partial charge in [0.15, 0.2) is 0 Å². The van der Waals surface area contributed by atoms with Gasteiger partial charge < -0.3 is 15.4 Å². The number of benzene rings is 3. The minimum Gasteiger partial charge on any atom is -0.491 e. The first kappa shape index (κ1) is 27.8. The van der Waals surface area contributed by atoms with Crippen molar-refractivity contribution in [3.05, 3.63) is 92.0 Å². The number of unbranched alkanes of at least 4 members (excludes halogenated alkanes) is 1. The summed E-state index contributed by atoms with van der Waals surface area (Å²) in [6, 6.07) is 16.2. The minimum atomic E-state index is -0.768. The van der Waals surface area contributed by atoms with Crippen LogP contribution in [0.25, 0.3) is 0 Å². The third-order valence-corrected chi connectivity index (χ3v) is 6.94. The highest BCUT2D eigenvalue weighted by molar-refractivity contribution is 6.54. The Morgan fingerprint density at radius 2 is 1.58 bits per heavy atom. The van der Waals surface area contributed by atoms with Crippen LogP contribution in [0.15, 0.2) is 71.4 Å². The number of ether oxygens (including phenoxy) is 1. The summed E-state index contributed by atoms with van der Waals surface area (Å²) in [4.78, 5) is 39.5. The SMILES string of the molecule is CCCCOc1ccccc1NC(=O)c1ccc(NC2=C(Cl)C(=O)N(c3cc(Cl)c(Cl)cc3Cl)C2=O)cc1. The summed E-state index contributed by atoms with van der Waals surface area (Å²) in [7, 11) is 0. The fourth-order valence-corrected chi connectivity index (χ4v) is 4.42. The van der Waals surface area contributed by atoms with Gasteiger partial charge in [0.2, 0.25) is 0 Å². The Hall–Kier alpha value is -3.23. The maximum Gasteiger partial charge on any atom is 0.283 e. The van der Waals surface area contributed by atoms with Crippen molar-refractivity contribution in [1.29, 1.82) is 0 Å². The molecule has 196 valence electrons. The first-order chi connectivity index (χ1) is 18.2. The number of carbonyl (C=O) groups excluding carboxylic acids is 3. The number of nitrogens with one attached hydrogen (secondary N) is 2. The van der Waals surface area contributed by atoms with Crippen LogP contribution >= 0.6 is 46.4 Å². The number of rotatable bonds is 9. The summed E-state index contributed by atoms with van der Waals surface area (Å²) in [6.45, 7) is 2.62. The molecule has 0 bridgehead atoms. The molecule has 3 aromatic rings. The van der Waals surface area contributed by atoms with Crippen LogP contribution in [-0.4, -0.2) is 24.3 Å². The Morgan fingerprint density at radius 1 is 0.895 bits per heavy atom. The highest BCUT2D eigenvalue weighted by Crippen LogP contribution is 2.38. The van der Waals surface area contributed by atoms with Crippen molar-refractivity contribution in [1.82, 2.24) is 0 Å². The van der Waals surface area contributed by atoms with Crippen LogP contribution in [0, 0.1) is 0 Å². The smallest absolute Gasteiger partial charge is 0.283 e. The molecule has 1 aliphatic rings. The molecule has 3 aromatic carbocycles. The Bertz CT molecular complexity index is 1440. The number of carbonyl (C=O) groups is 3. The van der Waals surface area contributed by atoms with Gasteiger partial charge in [-0.15, -0.1) is 0 Å². The predicted molar refractivity (Wildman–Crippen MR) is 152 cm³/mol. The minimum absolute atomic E-state index is 0.0528. The van der Waals surface area contributed by atoms with Crippen LogP contribution in [0.1, 0.15) is 30.1 Å². The van der Waals surface area contributed by atoms with Crippen molar-refractivity contribution in [3.63, 3.8) is 0 Å². The lowest BCUT2D eigenvalue weighted by Gasteiger charge is -2.17. The average Bonchev–Trinajstić information content (AvgIpc) is 3.10. The lowest BCUT2D eigenvalue weighted by atomic mass is 10.1. The van der Waals surface area contributed by atoms with Crippen molar-refractivity contribution in [2.45, 2.75) is 19.8 Å². The van der Waals surface area contributed by atoms with E-state index in [4.69, 9.17) is 51.1 Å². The van der Waals surface area contributed by atoms with Gasteiger partial charge in [-0.3, -0.25) is 14.4 Å². The molecule has 4 rings (SSSR count). The molecule has 0 radical (unpaired) electrons. The van der Waals surface area contributed by atoms with Crippen LogP contribution < -0.4 is 20.3 Å². The molecule has 0 aromatic heterocycles. The topological polar surface area (TPSA) is 87.7 Å². The van der Waals surface area contributed by atoms with E-state index in [1.54, 1.807) is 42.5 Å². The number of amides is 3. The number of hydrogen-bond donors (Lipinski definition) is 2. The summed E-state index contributed by atoms with van der Waals surface area (Å²) in [5, 5.41) is 5.73. The van der Waals surface area contributed by atoms with Crippen molar-refractivity contribution >= 4 is 81.2 Å². The van der Waals surface area contributed by atoms with Crippen LogP contribution in [0.5, 0.6) is 5.75 Å². The van der Waals surface area contributed by atoms with E-state index in [1.165, 1.54) is 12.1 Å². The number of nitrogens with zero attached hydrogens (tertiary/aromatic N) is 1. The van der Waals surface area contributed by atoms with Gasteiger partial charge in [-0.2, -0.15) is 0 Å². The van der Waals surface area contributed by atoms with Crippen LogP contribution in [-0.2, 0) is 9.59 Å². The monoisotopic (exact) mass is 591 g/mol. The molecule has 0 saturated carbocycles. The zero-order valence-corrected chi connectivity index (χ0v) is 23.0. The van der Waals surface area contributed by atoms with Crippen molar-refractivity contribution in [2.24, 2.45) is 0 Å². The van der Waals surface area contributed by atoms with Gasteiger partial charge in [-0.25, -0.2) is 4.90 Å². The zero-order valence-electron chi connectivity index (χ0n) is 20.0. The van der Waals surface area contributed by atoms with E-state index in [-0.39, 0.29) is 37.4 Å². The molecule has 0 fully saturated rings. The van der Waals surface area contributed by atoms with Crippen molar-refractivity contribution in [3.8, 4) is 5.75 Å². The molecule has 38 heavy (non-hydrogen) atoms. The van der Waals surface area contributed by atoms with Crippen LogP contribution in [0.4, 0.5) is 17.1 Å². The maximum absolute atomic E-state index is 13.1. The molecule has 0 aliphatic carbocycles. The first-order valence-corrected chi connectivity index (χ1v) is 13.1. The largest absolute Gasteiger partial charge is 0.491 e. The van der Waals surface area contributed by atoms with E-state index >= 15 is 0 Å². The standard InChI is InChI=1S/C27H21Cl4N3O4/c1-2-3-12-38-22-7-5-4-6-20(22)33-25(35)15-8-10-16(11-9-15)32-24-23(31)26(36)34(27(24)37)21-14-18(29)17(28)13-19(21)30/h4-11,13-14,32H,2-3,12H2,1H3,(H,33,35). The van der Waals surface area contributed by atoms with E-state index in [2.05, 4.69) is 17.6 Å². The summed E-state index contributed by atoms with van der Waals surface area (Å²) < 4.78 is 5.77. The predicted octanol–water partition coefficient (Wildman–Crippen LogP) is 7.51. The molecule has 11 heteroatoms. The average molecular weight is 593 g/mol. The quantitative estimate of drug-likeness (QED) is 0.152. The van der Waals surface area contributed by atoms with E-state index in [9.17, 15) is 14.4 Å². The van der Waals surface area contributed by atoms with E-state index in [1.807, 2.05) is 6.07 Å². The van der Waals surface area contributed by atoms with Crippen LogP contribution in [0.3, 0.4) is 0 Å². The molecule has 2 N–H and O–H groups in total. The number of anilines is 3. The van der Waals surface area contributed by atoms with Gasteiger partial charge in [-0.1, -0.05) is 71.9 Å². The van der Waals surface area contributed by atoms with Crippen molar-refractivity contribution in [2.75, 3.05) is 22.1 Å². The molecule has 1 aliphatic heterocycles. The molecule has 3 amide bonds. The molecular formula is C27H21Cl4N3O4. The third kappa shape index (κ3) is 5.92. The van der Waals surface area contributed by atoms with E-state index in [0.717, 1.165) is 17.7 Å². The van der Waals surface area contributed by atoms with E-state index in [0.29, 0.717) is 29.3 Å². The molecule has 0 saturated heterocycles. The first-order valence-electron chi connectivity index (χ1n) is 11.5. The Kier molecular flexibility index (Phi) is 8.84. The fourth-order valence-electron chi connectivity index (χ4n) is 3.58. The van der Waals surface area contributed by atoms with Gasteiger partial charge in [0.1, 0.15) is 16.5 Å². The zero-order chi connectivity index (χ0) is 27.4. The van der Waals surface area contributed by atoms with Gasteiger partial charge in [-0.05, 0) is 55.0 Å². The Balaban J connectivity index is 1.47. The van der Waals surface area contributed by atoms with Gasteiger partial charge in [0.05, 0.1) is 33.0 Å². The summed E-state index contributed by atoms with van der Waals surface area (Å²) in [5.41, 5.74) is 1.27. The lowest BCUT2D eigenvalue weighted by molar-refractivity contribution is -0.120. The highest BCUT2D eigenvalue weighted by Gasteiger charge is 2.40. The van der Waals surface area contributed by atoms with Crippen LogP contribution in [0.2, 0.25) is 15.1 Å². The molecule has 7 nitrogen and oxygen atoms in total. The maximum atomic E-state index is 13.1. The number of imide groups is 1. The lowest BCUT2D eigenvalue weighted by Crippen LogP contribution is -2.32. The summed E-state index contributed by atoms with van der Waals surface area (Å²) in [5.74, 6) is -1.24. The van der Waals surface area contributed by atoms with Gasteiger partial charge in [0, 0.05) is 11.3 Å².